The molecule has 3 rings (SSSR count). The van der Waals surface area contributed by atoms with Crippen molar-refractivity contribution < 1.29 is 4.79 Å². The van der Waals surface area contributed by atoms with E-state index >= 15 is 0 Å². The Morgan fingerprint density at radius 2 is 2.00 bits per heavy atom. The van der Waals surface area contributed by atoms with E-state index in [2.05, 4.69) is 20.6 Å². The minimum atomic E-state index is -0.162. The molecule has 0 aliphatic heterocycles. The number of hydrogen-bond acceptors (Lipinski definition) is 3. The van der Waals surface area contributed by atoms with E-state index < -0.39 is 0 Å². The molecule has 0 radical (unpaired) electrons. The molecule has 1 amide bonds. The molecule has 122 valence electrons. The van der Waals surface area contributed by atoms with Gasteiger partial charge in [-0.15, -0.1) is 0 Å². The average molecular weight is 341 g/mol. The number of benzene rings is 2. The molecule has 0 spiro atoms. The van der Waals surface area contributed by atoms with Crippen LogP contribution in [-0.4, -0.2) is 15.9 Å². The standard InChI is InChI=1S/C18H17ClN4O/c1-12(24)22-14-7-8-16(15(19)11-14)23-17(18-20-9-10-21-18)13-5-3-2-4-6-13/h2-11,17,23H,1H3,(H,20,21)(H,22,24). The van der Waals surface area contributed by atoms with E-state index in [0.29, 0.717) is 10.7 Å². The van der Waals surface area contributed by atoms with Crippen LogP contribution in [0.25, 0.3) is 0 Å². The maximum atomic E-state index is 11.1. The molecule has 0 saturated carbocycles. The molecule has 0 fully saturated rings. The van der Waals surface area contributed by atoms with Crippen LogP contribution in [0.1, 0.15) is 24.4 Å². The van der Waals surface area contributed by atoms with Crippen molar-refractivity contribution in [3.05, 3.63) is 77.3 Å². The van der Waals surface area contributed by atoms with Crippen molar-refractivity contribution in [2.75, 3.05) is 10.6 Å². The zero-order valence-corrected chi connectivity index (χ0v) is 13.8. The van der Waals surface area contributed by atoms with Gasteiger partial charge >= 0.3 is 0 Å². The molecule has 5 nitrogen and oxygen atoms in total. The van der Waals surface area contributed by atoms with E-state index in [1.165, 1.54) is 6.92 Å². The average Bonchev–Trinajstić information content (AvgIpc) is 3.08. The zero-order chi connectivity index (χ0) is 16.9. The Labute approximate surface area is 145 Å². The summed E-state index contributed by atoms with van der Waals surface area (Å²) in [6, 6.07) is 15.2. The second kappa shape index (κ2) is 7.19. The predicted molar refractivity (Wildman–Crippen MR) is 96.3 cm³/mol. The van der Waals surface area contributed by atoms with E-state index in [1.54, 1.807) is 24.5 Å². The summed E-state index contributed by atoms with van der Waals surface area (Å²) in [7, 11) is 0. The SMILES string of the molecule is CC(=O)Nc1ccc(NC(c2ccccc2)c2ncc[nH]2)c(Cl)c1. The van der Waals surface area contributed by atoms with Gasteiger partial charge in [-0.25, -0.2) is 4.98 Å². The molecule has 0 bridgehead atoms. The van der Waals surface area contributed by atoms with Crippen LogP contribution >= 0.6 is 11.6 Å². The highest BCUT2D eigenvalue weighted by Gasteiger charge is 2.17. The Kier molecular flexibility index (Phi) is 4.82. The number of hydrogen-bond donors (Lipinski definition) is 3. The van der Waals surface area contributed by atoms with Crippen molar-refractivity contribution in [1.29, 1.82) is 0 Å². The molecule has 3 N–H and O–H groups in total. The third-order valence-electron chi connectivity index (χ3n) is 3.52. The fourth-order valence-electron chi connectivity index (χ4n) is 2.46. The van der Waals surface area contributed by atoms with Gasteiger partial charge < -0.3 is 15.6 Å². The number of anilines is 2. The summed E-state index contributed by atoms with van der Waals surface area (Å²) in [5.41, 5.74) is 2.48. The number of H-pyrrole nitrogens is 1. The van der Waals surface area contributed by atoms with E-state index in [0.717, 1.165) is 17.1 Å². The van der Waals surface area contributed by atoms with E-state index in [-0.39, 0.29) is 11.9 Å². The number of carbonyl (C=O) groups is 1. The van der Waals surface area contributed by atoms with Crippen LogP contribution in [0.3, 0.4) is 0 Å². The second-order valence-electron chi connectivity index (χ2n) is 5.34. The van der Waals surface area contributed by atoms with Crippen LogP contribution in [0, 0.1) is 0 Å². The summed E-state index contributed by atoms with van der Waals surface area (Å²) in [5, 5.41) is 6.65. The Morgan fingerprint density at radius 3 is 2.62 bits per heavy atom. The summed E-state index contributed by atoms with van der Waals surface area (Å²) in [6.45, 7) is 1.46. The van der Waals surface area contributed by atoms with Gasteiger partial charge in [0, 0.05) is 25.0 Å². The van der Waals surface area contributed by atoms with Crippen LogP contribution in [-0.2, 0) is 4.79 Å². The van der Waals surface area contributed by atoms with Gasteiger partial charge in [-0.05, 0) is 23.8 Å². The molecule has 1 heterocycles. The van der Waals surface area contributed by atoms with Gasteiger partial charge in [0.05, 0.1) is 10.7 Å². The summed E-state index contributed by atoms with van der Waals surface area (Å²) in [4.78, 5) is 18.6. The Balaban J connectivity index is 1.90. The first-order chi connectivity index (χ1) is 11.6. The summed E-state index contributed by atoms with van der Waals surface area (Å²) in [6.07, 6.45) is 3.50. The van der Waals surface area contributed by atoms with E-state index in [9.17, 15) is 4.79 Å². The topological polar surface area (TPSA) is 69.8 Å². The van der Waals surface area contributed by atoms with E-state index in [4.69, 9.17) is 11.6 Å². The Morgan fingerprint density at radius 1 is 1.21 bits per heavy atom. The smallest absolute Gasteiger partial charge is 0.221 e. The van der Waals surface area contributed by atoms with Gasteiger partial charge in [-0.1, -0.05) is 41.9 Å². The van der Waals surface area contributed by atoms with Crippen molar-refractivity contribution in [2.45, 2.75) is 13.0 Å². The molecule has 2 aromatic carbocycles. The monoisotopic (exact) mass is 340 g/mol. The van der Waals surface area contributed by atoms with Gasteiger partial charge in [0.1, 0.15) is 11.9 Å². The van der Waals surface area contributed by atoms with Crippen molar-refractivity contribution in [1.82, 2.24) is 9.97 Å². The first-order valence-electron chi connectivity index (χ1n) is 7.51. The molecule has 3 aromatic rings. The largest absolute Gasteiger partial charge is 0.370 e. The van der Waals surface area contributed by atoms with Gasteiger partial charge in [0.15, 0.2) is 0 Å². The number of aromatic amines is 1. The highest BCUT2D eigenvalue weighted by molar-refractivity contribution is 6.33. The van der Waals surface area contributed by atoms with Gasteiger partial charge in [0.2, 0.25) is 5.91 Å². The molecule has 1 aromatic heterocycles. The third-order valence-corrected chi connectivity index (χ3v) is 3.83. The number of amides is 1. The lowest BCUT2D eigenvalue weighted by molar-refractivity contribution is -0.114. The van der Waals surface area contributed by atoms with Crippen molar-refractivity contribution in [3.8, 4) is 0 Å². The maximum absolute atomic E-state index is 11.1. The molecule has 0 aliphatic rings. The maximum Gasteiger partial charge on any atom is 0.221 e. The predicted octanol–water partition coefficient (Wildman–Crippen LogP) is 4.22. The summed E-state index contributed by atoms with van der Waals surface area (Å²) in [5.74, 6) is 0.660. The minimum Gasteiger partial charge on any atom is -0.370 e. The number of nitrogens with zero attached hydrogens (tertiary/aromatic N) is 1. The highest BCUT2D eigenvalue weighted by Crippen LogP contribution is 2.31. The third kappa shape index (κ3) is 3.75. The zero-order valence-electron chi connectivity index (χ0n) is 13.1. The number of halogens is 1. The van der Waals surface area contributed by atoms with Crippen LogP contribution in [0.4, 0.5) is 11.4 Å². The summed E-state index contributed by atoms with van der Waals surface area (Å²) >= 11 is 6.36. The van der Waals surface area contributed by atoms with Gasteiger partial charge in [-0.2, -0.15) is 0 Å². The van der Waals surface area contributed by atoms with Gasteiger partial charge in [0.25, 0.3) is 0 Å². The number of aromatic nitrogens is 2. The molecule has 24 heavy (non-hydrogen) atoms. The normalized spacial score (nSPS) is 11.8. The fourth-order valence-corrected chi connectivity index (χ4v) is 2.69. The van der Waals surface area contributed by atoms with Crippen molar-refractivity contribution in [2.24, 2.45) is 0 Å². The second-order valence-corrected chi connectivity index (χ2v) is 5.75. The fraction of sp³-hybridized carbons (Fsp3) is 0.111. The van der Waals surface area contributed by atoms with Crippen LogP contribution in [0.15, 0.2) is 60.9 Å². The quantitative estimate of drug-likeness (QED) is 0.651. The van der Waals surface area contributed by atoms with Crippen LogP contribution in [0.5, 0.6) is 0 Å². The lowest BCUT2D eigenvalue weighted by atomic mass is 10.1. The molecular weight excluding hydrogens is 324 g/mol. The number of nitrogens with one attached hydrogen (secondary N) is 3. The Bertz CT molecular complexity index is 818. The summed E-state index contributed by atoms with van der Waals surface area (Å²) < 4.78 is 0. The lowest BCUT2D eigenvalue weighted by Crippen LogP contribution is -2.14. The molecule has 1 atom stereocenters. The van der Waals surface area contributed by atoms with Gasteiger partial charge in [-0.3, -0.25) is 4.79 Å². The first kappa shape index (κ1) is 16.1. The molecule has 1 unspecified atom stereocenters. The van der Waals surface area contributed by atoms with Crippen LogP contribution in [0.2, 0.25) is 5.02 Å². The van der Waals surface area contributed by atoms with Crippen molar-refractivity contribution in [3.63, 3.8) is 0 Å². The minimum absolute atomic E-state index is 0.135. The number of imidazole rings is 1. The molecule has 6 heteroatoms. The number of carbonyl (C=O) groups excluding carboxylic acids is 1. The van der Waals surface area contributed by atoms with E-state index in [1.807, 2.05) is 36.4 Å². The highest BCUT2D eigenvalue weighted by atomic mass is 35.5. The van der Waals surface area contributed by atoms with Crippen LogP contribution < -0.4 is 10.6 Å². The molecule has 0 aliphatic carbocycles. The first-order valence-corrected chi connectivity index (χ1v) is 7.89. The molecular formula is C18H17ClN4O. The molecule has 0 saturated heterocycles. The number of rotatable bonds is 5. The lowest BCUT2D eigenvalue weighted by Gasteiger charge is -2.20. The Hall–Kier alpha value is -2.79. The van der Waals surface area contributed by atoms with Crippen molar-refractivity contribution >= 4 is 28.9 Å².